The van der Waals surface area contributed by atoms with E-state index >= 15 is 0 Å². The Balaban J connectivity index is 2.64. The molecule has 0 aromatic carbocycles. The number of carbonyl (C=O) groups excluding carboxylic acids is 2. The van der Waals surface area contributed by atoms with Crippen LogP contribution in [0.15, 0.2) is 18.6 Å². The van der Waals surface area contributed by atoms with Crippen molar-refractivity contribution in [3.8, 4) is 0 Å². The van der Waals surface area contributed by atoms with Crippen LogP contribution in [-0.4, -0.2) is 27.7 Å². The monoisotopic (exact) mass is 193 g/mol. The number of hydrogen-bond donors (Lipinski definition) is 1. The third-order valence-electron chi connectivity index (χ3n) is 1.75. The van der Waals surface area contributed by atoms with E-state index in [2.05, 4.69) is 15.3 Å². The molecular formula is C9H11N3O2. The first-order valence-electron chi connectivity index (χ1n) is 4.18. The van der Waals surface area contributed by atoms with E-state index in [1.165, 1.54) is 25.5 Å². The normalized spacial score (nSPS) is 11.9. The smallest absolute Gasteiger partial charge is 0.272 e. The van der Waals surface area contributed by atoms with Crippen molar-refractivity contribution in [2.45, 2.75) is 19.9 Å². The zero-order valence-electron chi connectivity index (χ0n) is 8.02. The molecule has 0 spiro atoms. The molecule has 1 atom stereocenters. The highest BCUT2D eigenvalue weighted by atomic mass is 16.2. The highest BCUT2D eigenvalue weighted by Crippen LogP contribution is 1.92. The summed E-state index contributed by atoms with van der Waals surface area (Å²) in [7, 11) is 0. The van der Waals surface area contributed by atoms with E-state index in [1.807, 2.05) is 0 Å². The van der Waals surface area contributed by atoms with Gasteiger partial charge in [-0.1, -0.05) is 0 Å². The fourth-order valence-electron chi connectivity index (χ4n) is 0.789. The second kappa shape index (κ2) is 4.45. The van der Waals surface area contributed by atoms with E-state index in [1.54, 1.807) is 6.92 Å². The molecule has 1 heterocycles. The highest BCUT2D eigenvalue weighted by molar-refractivity contribution is 5.95. The molecule has 5 heteroatoms. The molecule has 0 bridgehead atoms. The maximum Gasteiger partial charge on any atom is 0.272 e. The SMILES string of the molecule is CC(=O)[C@H](C)NC(=O)c1cnccn1. The molecule has 74 valence electrons. The zero-order chi connectivity index (χ0) is 10.6. The minimum atomic E-state index is -0.496. The molecule has 0 unspecified atom stereocenters. The van der Waals surface area contributed by atoms with Crippen LogP contribution in [0.4, 0.5) is 0 Å². The molecular weight excluding hydrogens is 182 g/mol. The van der Waals surface area contributed by atoms with Crippen molar-refractivity contribution < 1.29 is 9.59 Å². The van der Waals surface area contributed by atoms with Gasteiger partial charge in [0, 0.05) is 12.4 Å². The topological polar surface area (TPSA) is 72.0 Å². The van der Waals surface area contributed by atoms with Crippen molar-refractivity contribution >= 4 is 11.7 Å². The number of ketones is 1. The lowest BCUT2D eigenvalue weighted by Crippen LogP contribution is -2.37. The van der Waals surface area contributed by atoms with Gasteiger partial charge in [-0.05, 0) is 13.8 Å². The van der Waals surface area contributed by atoms with Crippen LogP contribution in [-0.2, 0) is 4.79 Å². The Labute approximate surface area is 81.6 Å². The highest BCUT2D eigenvalue weighted by Gasteiger charge is 2.13. The first-order chi connectivity index (χ1) is 6.61. The first kappa shape index (κ1) is 10.3. The third-order valence-corrected chi connectivity index (χ3v) is 1.75. The quantitative estimate of drug-likeness (QED) is 0.743. The summed E-state index contributed by atoms with van der Waals surface area (Å²) in [5.41, 5.74) is 0.209. The maximum atomic E-state index is 11.4. The fourth-order valence-corrected chi connectivity index (χ4v) is 0.789. The third kappa shape index (κ3) is 2.62. The number of amides is 1. The van der Waals surface area contributed by atoms with E-state index in [4.69, 9.17) is 0 Å². The van der Waals surface area contributed by atoms with E-state index < -0.39 is 6.04 Å². The number of nitrogens with zero attached hydrogens (tertiary/aromatic N) is 2. The van der Waals surface area contributed by atoms with Gasteiger partial charge in [0.2, 0.25) is 0 Å². The molecule has 0 saturated heterocycles. The maximum absolute atomic E-state index is 11.4. The molecule has 1 N–H and O–H groups in total. The molecule has 1 amide bonds. The standard InChI is InChI=1S/C9H11N3O2/c1-6(7(2)13)12-9(14)8-5-10-3-4-11-8/h3-6H,1-2H3,(H,12,14)/t6-/m0/s1. The summed E-state index contributed by atoms with van der Waals surface area (Å²) >= 11 is 0. The predicted octanol–water partition coefficient (Wildman–Crippen LogP) is 0.184. The summed E-state index contributed by atoms with van der Waals surface area (Å²) in [6.45, 7) is 3.04. The van der Waals surface area contributed by atoms with Gasteiger partial charge in [0.05, 0.1) is 12.2 Å². The average Bonchev–Trinajstić information content (AvgIpc) is 2.19. The number of Topliss-reactive ketones (excluding diaryl/α,β-unsaturated/α-hetero) is 1. The second-order valence-electron chi connectivity index (χ2n) is 2.90. The van der Waals surface area contributed by atoms with Crippen LogP contribution >= 0.6 is 0 Å². The van der Waals surface area contributed by atoms with Gasteiger partial charge in [-0.2, -0.15) is 0 Å². The summed E-state index contributed by atoms with van der Waals surface area (Å²) in [6.07, 6.45) is 4.25. The van der Waals surface area contributed by atoms with Crippen molar-refractivity contribution in [1.82, 2.24) is 15.3 Å². The van der Waals surface area contributed by atoms with E-state index in [0.29, 0.717) is 0 Å². The molecule has 0 aliphatic rings. The Hall–Kier alpha value is -1.78. The second-order valence-corrected chi connectivity index (χ2v) is 2.90. The lowest BCUT2D eigenvalue weighted by Gasteiger charge is -2.08. The number of hydrogen-bond acceptors (Lipinski definition) is 4. The summed E-state index contributed by atoms with van der Waals surface area (Å²) in [6, 6.07) is -0.496. The Kier molecular flexibility index (Phi) is 3.28. The summed E-state index contributed by atoms with van der Waals surface area (Å²) in [4.78, 5) is 29.8. The minimum absolute atomic E-state index is 0.0951. The van der Waals surface area contributed by atoms with Crippen LogP contribution < -0.4 is 5.32 Å². The first-order valence-corrected chi connectivity index (χ1v) is 4.18. The van der Waals surface area contributed by atoms with Gasteiger partial charge in [0.1, 0.15) is 5.69 Å². The van der Waals surface area contributed by atoms with Crippen molar-refractivity contribution in [2.75, 3.05) is 0 Å². The Morgan fingerprint density at radius 2 is 2.14 bits per heavy atom. The van der Waals surface area contributed by atoms with Gasteiger partial charge in [0.15, 0.2) is 5.78 Å². The molecule has 1 aromatic heterocycles. The molecule has 0 aliphatic heterocycles. The lowest BCUT2D eigenvalue weighted by molar-refractivity contribution is -0.118. The number of nitrogens with one attached hydrogen (secondary N) is 1. The van der Waals surface area contributed by atoms with Gasteiger partial charge in [-0.3, -0.25) is 14.6 Å². The molecule has 0 aliphatic carbocycles. The Morgan fingerprint density at radius 3 is 2.64 bits per heavy atom. The Morgan fingerprint density at radius 1 is 1.43 bits per heavy atom. The fraction of sp³-hybridized carbons (Fsp3) is 0.333. The van der Waals surface area contributed by atoms with Crippen LogP contribution in [0.1, 0.15) is 24.3 Å². The molecule has 0 radical (unpaired) electrons. The molecule has 1 aromatic rings. The minimum Gasteiger partial charge on any atom is -0.341 e. The van der Waals surface area contributed by atoms with Crippen LogP contribution in [0.25, 0.3) is 0 Å². The Bertz CT molecular complexity index is 337. The van der Waals surface area contributed by atoms with Crippen LogP contribution in [0.3, 0.4) is 0 Å². The van der Waals surface area contributed by atoms with Gasteiger partial charge in [-0.25, -0.2) is 4.98 Å². The van der Waals surface area contributed by atoms with Crippen molar-refractivity contribution in [3.05, 3.63) is 24.3 Å². The van der Waals surface area contributed by atoms with Gasteiger partial charge in [-0.15, -0.1) is 0 Å². The summed E-state index contributed by atoms with van der Waals surface area (Å²) < 4.78 is 0. The molecule has 1 rings (SSSR count). The number of carbonyl (C=O) groups is 2. The summed E-state index contributed by atoms with van der Waals surface area (Å²) in [5.74, 6) is -0.483. The van der Waals surface area contributed by atoms with Crippen molar-refractivity contribution in [2.24, 2.45) is 0 Å². The van der Waals surface area contributed by atoms with Gasteiger partial charge >= 0.3 is 0 Å². The number of rotatable bonds is 3. The average molecular weight is 193 g/mol. The molecule has 0 fully saturated rings. The van der Waals surface area contributed by atoms with E-state index in [0.717, 1.165) is 0 Å². The summed E-state index contributed by atoms with van der Waals surface area (Å²) in [5, 5.41) is 2.50. The molecule has 5 nitrogen and oxygen atoms in total. The van der Waals surface area contributed by atoms with Crippen LogP contribution in [0, 0.1) is 0 Å². The van der Waals surface area contributed by atoms with Gasteiger partial charge in [0.25, 0.3) is 5.91 Å². The lowest BCUT2D eigenvalue weighted by atomic mass is 10.2. The van der Waals surface area contributed by atoms with Crippen molar-refractivity contribution in [3.63, 3.8) is 0 Å². The molecule has 14 heavy (non-hydrogen) atoms. The van der Waals surface area contributed by atoms with E-state index in [9.17, 15) is 9.59 Å². The molecule has 0 saturated carbocycles. The zero-order valence-corrected chi connectivity index (χ0v) is 8.02. The largest absolute Gasteiger partial charge is 0.341 e. The van der Waals surface area contributed by atoms with Crippen LogP contribution in [0.2, 0.25) is 0 Å². The van der Waals surface area contributed by atoms with E-state index in [-0.39, 0.29) is 17.4 Å². The van der Waals surface area contributed by atoms with Crippen molar-refractivity contribution in [1.29, 1.82) is 0 Å². The number of aromatic nitrogens is 2. The van der Waals surface area contributed by atoms with Crippen LogP contribution in [0.5, 0.6) is 0 Å². The van der Waals surface area contributed by atoms with Gasteiger partial charge < -0.3 is 5.32 Å². The predicted molar refractivity (Wildman–Crippen MR) is 49.6 cm³/mol.